The third-order valence-corrected chi connectivity index (χ3v) is 2.50. The summed E-state index contributed by atoms with van der Waals surface area (Å²) in [6.07, 6.45) is 0.933. The highest BCUT2D eigenvalue weighted by Crippen LogP contribution is 2.17. The largest absolute Gasteiger partial charge is 0.471 e. The van der Waals surface area contributed by atoms with E-state index in [0.29, 0.717) is 12.4 Å². The van der Waals surface area contributed by atoms with Gasteiger partial charge >= 0.3 is 0 Å². The van der Waals surface area contributed by atoms with Gasteiger partial charge in [-0.3, -0.25) is 9.69 Å². The smallest absolute Gasteiger partial charge is 0.254 e. The Morgan fingerprint density at radius 1 is 1.81 bits per heavy atom. The standard InChI is InChI=1S/C10H15N3O3/c1-7-4-10(12-16-7)15-8-2-3-13(5-8)6-9(11)14/h4,8H,2-3,5-6H2,1H3,(H2,11,14). The molecule has 0 bridgehead atoms. The number of hydrogen-bond acceptors (Lipinski definition) is 5. The fourth-order valence-corrected chi connectivity index (χ4v) is 1.83. The van der Waals surface area contributed by atoms with E-state index in [4.69, 9.17) is 15.0 Å². The van der Waals surface area contributed by atoms with Crippen LogP contribution in [0.5, 0.6) is 5.88 Å². The van der Waals surface area contributed by atoms with Crippen LogP contribution in [0.2, 0.25) is 0 Å². The van der Waals surface area contributed by atoms with Crippen LogP contribution in [0.25, 0.3) is 0 Å². The fraction of sp³-hybridized carbons (Fsp3) is 0.600. The van der Waals surface area contributed by atoms with Gasteiger partial charge < -0.3 is 15.0 Å². The molecule has 16 heavy (non-hydrogen) atoms. The van der Waals surface area contributed by atoms with E-state index in [0.717, 1.165) is 18.7 Å². The van der Waals surface area contributed by atoms with Crippen molar-refractivity contribution >= 4 is 5.91 Å². The van der Waals surface area contributed by atoms with Gasteiger partial charge in [0.25, 0.3) is 5.88 Å². The molecule has 1 aliphatic heterocycles. The van der Waals surface area contributed by atoms with Gasteiger partial charge in [-0.25, -0.2) is 0 Å². The zero-order valence-corrected chi connectivity index (χ0v) is 9.18. The van der Waals surface area contributed by atoms with Crippen molar-refractivity contribution in [1.82, 2.24) is 10.1 Å². The molecule has 0 aliphatic carbocycles. The van der Waals surface area contributed by atoms with Crippen molar-refractivity contribution < 1.29 is 14.1 Å². The van der Waals surface area contributed by atoms with Crippen molar-refractivity contribution in [1.29, 1.82) is 0 Å². The molecule has 1 atom stereocenters. The lowest BCUT2D eigenvalue weighted by Crippen LogP contribution is -2.33. The molecule has 1 unspecified atom stereocenters. The van der Waals surface area contributed by atoms with Crippen LogP contribution in [0.1, 0.15) is 12.2 Å². The number of rotatable bonds is 4. The van der Waals surface area contributed by atoms with Crippen LogP contribution in [0.3, 0.4) is 0 Å². The molecule has 2 heterocycles. The summed E-state index contributed by atoms with van der Waals surface area (Å²) in [5, 5.41) is 3.76. The Labute approximate surface area is 93.3 Å². The third-order valence-electron chi connectivity index (χ3n) is 2.50. The molecule has 0 spiro atoms. The first-order chi connectivity index (χ1) is 7.63. The molecule has 1 aromatic rings. The second-order valence-electron chi connectivity index (χ2n) is 4.01. The van der Waals surface area contributed by atoms with E-state index in [-0.39, 0.29) is 18.6 Å². The van der Waals surface area contributed by atoms with Crippen molar-refractivity contribution in [2.45, 2.75) is 19.4 Å². The quantitative estimate of drug-likeness (QED) is 0.775. The third kappa shape index (κ3) is 2.73. The molecule has 1 aliphatic rings. The summed E-state index contributed by atoms with van der Waals surface area (Å²) in [5.74, 6) is 0.920. The highest BCUT2D eigenvalue weighted by atomic mass is 16.5. The Morgan fingerprint density at radius 3 is 3.25 bits per heavy atom. The summed E-state index contributed by atoms with van der Waals surface area (Å²) in [7, 11) is 0. The number of aryl methyl sites for hydroxylation is 1. The molecule has 0 radical (unpaired) electrons. The molecule has 1 aromatic heterocycles. The van der Waals surface area contributed by atoms with Gasteiger partial charge in [0.1, 0.15) is 11.9 Å². The summed E-state index contributed by atoms with van der Waals surface area (Å²) < 4.78 is 10.5. The number of nitrogens with zero attached hydrogens (tertiary/aromatic N) is 2. The van der Waals surface area contributed by atoms with Crippen molar-refractivity contribution in [3.05, 3.63) is 11.8 Å². The van der Waals surface area contributed by atoms with Gasteiger partial charge in [0.15, 0.2) is 0 Å². The van der Waals surface area contributed by atoms with E-state index in [1.54, 1.807) is 6.07 Å². The van der Waals surface area contributed by atoms with Gasteiger partial charge in [0.05, 0.1) is 6.54 Å². The SMILES string of the molecule is Cc1cc(OC2CCN(CC(N)=O)C2)no1. The van der Waals surface area contributed by atoms with Crippen LogP contribution in [-0.2, 0) is 4.79 Å². The number of amides is 1. The van der Waals surface area contributed by atoms with Crippen LogP contribution in [0.15, 0.2) is 10.6 Å². The highest BCUT2D eigenvalue weighted by molar-refractivity contribution is 5.75. The van der Waals surface area contributed by atoms with Gasteiger partial charge in [-0.2, -0.15) is 0 Å². The summed E-state index contributed by atoms with van der Waals surface area (Å²) in [5.41, 5.74) is 5.12. The number of nitrogens with two attached hydrogens (primary N) is 1. The summed E-state index contributed by atoms with van der Waals surface area (Å²) in [6, 6.07) is 1.75. The Balaban J connectivity index is 1.82. The van der Waals surface area contributed by atoms with E-state index in [2.05, 4.69) is 5.16 Å². The predicted octanol–water partition coefficient (Wildman–Crippen LogP) is -0.0786. The van der Waals surface area contributed by atoms with Gasteiger partial charge in [0.2, 0.25) is 5.91 Å². The van der Waals surface area contributed by atoms with E-state index >= 15 is 0 Å². The number of carbonyl (C=O) groups is 1. The van der Waals surface area contributed by atoms with Gasteiger partial charge in [0, 0.05) is 19.2 Å². The number of primary amides is 1. The molecule has 1 amide bonds. The molecular formula is C10H15N3O3. The molecule has 2 rings (SSSR count). The number of hydrogen-bond donors (Lipinski definition) is 1. The number of ether oxygens (including phenoxy) is 1. The molecule has 1 saturated heterocycles. The van der Waals surface area contributed by atoms with E-state index < -0.39 is 0 Å². The van der Waals surface area contributed by atoms with Gasteiger partial charge in [-0.1, -0.05) is 0 Å². The monoisotopic (exact) mass is 225 g/mol. The van der Waals surface area contributed by atoms with Gasteiger partial charge in [-0.05, 0) is 18.5 Å². The number of carbonyl (C=O) groups excluding carboxylic acids is 1. The molecule has 6 nitrogen and oxygen atoms in total. The zero-order chi connectivity index (χ0) is 11.5. The number of likely N-dealkylation sites (tertiary alicyclic amines) is 1. The molecular weight excluding hydrogens is 210 g/mol. The second kappa shape index (κ2) is 4.52. The molecule has 0 saturated carbocycles. The first-order valence-electron chi connectivity index (χ1n) is 5.24. The topological polar surface area (TPSA) is 81.6 Å². The van der Waals surface area contributed by atoms with Crippen molar-refractivity contribution in [3.63, 3.8) is 0 Å². The summed E-state index contributed by atoms with van der Waals surface area (Å²) in [6.45, 7) is 3.63. The predicted molar refractivity (Wildman–Crippen MR) is 55.9 cm³/mol. The van der Waals surface area contributed by atoms with Crippen LogP contribution in [0.4, 0.5) is 0 Å². The molecule has 6 heteroatoms. The Hall–Kier alpha value is -1.56. The van der Waals surface area contributed by atoms with Crippen LogP contribution in [-0.4, -0.2) is 41.7 Å². The maximum atomic E-state index is 10.7. The average Bonchev–Trinajstić information content (AvgIpc) is 2.76. The second-order valence-corrected chi connectivity index (χ2v) is 4.01. The van der Waals surface area contributed by atoms with Crippen LogP contribution in [0, 0.1) is 6.92 Å². The van der Waals surface area contributed by atoms with Crippen molar-refractivity contribution in [2.24, 2.45) is 5.73 Å². The highest BCUT2D eigenvalue weighted by Gasteiger charge is 2.25. The maximum absolute atomic E-state index is 10.7. The molecule has 2 N–H and O–H groups in total. The first kappa shape index (κ1) is 10.9. The maximum Gasteiger partial charge on any atom is 0.254 e. The zero-order valence-electron chi connectivity index (χ0n) is 9.18. The lowest BCUT2D eigenvalue weighted by Gasteiger charge is -2.13. The van der Waals surface area contributed by atoms with Gasteiger partial charge in [-0.15, -0.1) is 0 Å². The Kier molecular flexibility index (Phi) is 3.09. The van der Waals surface area contributed by atoms with E-state index in [1.165, 1.54) is 0 Å². The van der Waals surface area contributed by atoms with Crippen LogP contribution < -0.4 is 10.5 Å². The van der Waals surface area contributed by atoms with E-state index in [1.807, 2.05) is 11.8 Å². The van der Waals surface area contributed by atoms with Crippen LogP contribution >= 0.6 is 0 Å². The fourth-order valence-electron chi connectivity index (χ4n) is 1.83. The Morgan fingerprint density at radius 2 is 2.62 bits per heavy atom. The molecule has 88 valence electrons. The number of aromatic nitrogens is 1. The summed E-state index contributed by atoms with van der Waals surface area (Å²) in [4.78, 5) is 12.7. The van der Waals surface area contributed by atoms with Crippen molar-refractivity contribution in [3.8, 4) is 5.88 Å². The minimum absolute atomic E-state index is 0.0591. The minimum Gasteiger partial charge on any atom is -0.471 e. The first-order valence-corrected chi connectivity index (χ1v) is 5.24. The van der Waals surface area contributed by atoms with Crippen molar-refractivity contribution in [2.75, 3.05) is 19.6 Å². The normalized spacial score (nSPS) is 21.2. The summed E-state index contributed by atoms with van der Waals surface area (Å²) >= 11 is 0. The Bertz CT molecular complexity index is 377. The lowest BCUT2D eigenvalue weighted by atomic mass is 10.3. The molecule has 0 aromatic carbocycles. The minimum atomic E-state index is -0.307. The van der Waals surface area contributed by atoms with E-state index in [9.17, 15) is 4.79 Å². The molecule has 1 fully saturated rings. The lowest BCUT2D eigenvalue weighted by molar-refractivity contribution is -0.118. The average molecular weight is 225 g/mol.